The van der Waals surface area contributed by atoms with Gasteiger partial charge in [0.15, 0.2) is 6.10 Å². The van der Waals surface area contributed by atoms with E-state index < -0.39 is 12.1 Å². The monoisotopic (exact) mass is 249 g/mol. The van der Waals surface area contributed by atoms with Crippen molar-refractivity contribution in [3.63, 3.8) is 0 Å². The maximum atomic E-state index is 11.8. The van der Waals surface area contributed by atoms with E-state index in [0.29, 0.717) is 5.56 Å². The van der Waals surface area contributed by atoms with Crippen LogP contribution in [-0.4, -0.2) is 42.2 Å². The molecule has 1 unspecified atom stereocenters. The summed E-state index contributed by atoms with van der Waals surface area (Å²) < 4.78 is 5.35. The van der Waals surface area contributed by atoms with Crippen LogP contribution in [0.2, 0.25) is 0 Å². The molecule has 0 aliphatic carbocycles. The van der Waals surface area contributed by atoms with Gasteiger partial charge < -0.3 is 14.7 Å². The van der Waals surface area contributed by atoms with Crippen LogP contribution in [0.25, 0.3) is 0 Å². The molecule has 1 heterocycles. The predicted octanol–water partition coefficient (Wildman–Crippen LogP) is 1.36. The summed E-state index contributed by atoms with van der Waals surface area (Å²) in [7, 11) is 2.01. The van der Waals surface area contributed by atoms with Crippen LogP contribution in [0, 0.1) is 0 Å². The molecule has 0 radical (unpaired) electrons. The lowest BCUT2D eigenvalue weighted by Crippen LogP contribution is -2.38. The number of benzene rings is 1. The van der Waals surface area contributed by atoms with E-state index in [-0.39, 0.29) is 6.10 Å². The number of carbonyl (C=O) groups excluding carboxylic acids is 1. The minimum absolute atomic E-state index is 0.102. The maximum Gasteiger partial charge on any atom is 0.339 e. The zero-order valence-electron chi connectivity index (χ0n) is 10.6. The number of aliphatic hydroxyl groups excluding tert-OH is 1. The minimum atomic E-state index is -1.18. The number of likely N-dealkylation sites (tertiary alicyclic amines) is 1. The van der Waals surface area contributed by atoms with Gasteiger partial charge in [-0.3, -0.25) is 0 Å². The van der Waals surface area contributed by atoms with Crippen LogP contribution in [0.4, 0.5) is 0 Å². The van der Waals surface area contributed by atoms with Crippen molar-refractivity contribution >= 4 is 5.97 Å². The second-order valence-corrected chi connectivity index (χ2v) is 4.78. The van der Waals surface area contributed by atoms with Gasteiger partial charge in [0.25, 0.3) is 0 Å². The van der Waals surface area contributed by atoms with Gasteiger partial charge in [0.05, 0.1) is 0 Å². The Hall–Kier alpha value is -1.39. The van der Waals surface area contributed by atoms with Crippen molar-refractivity contribution in [3.8, 4) is 0 Å². The van der Waals surface area contributed by atoms with E-state index in [1.807, 2.05) is 13.1 Å². The van der Waals surface area contributed by atoms with Crippen LogP contribution >= 0.6 is 0 Å². The highest BCUT2D eigenvalue weighted by Crippen LogP contribution is 2.18. The molecule has 1 aliphatic rings. The van der Waals surface area contributed by atoms with Crippen molar-refractivity contribution in [2.45, 2.75) is 25.0 Å². The van der Waals surface area contributed by atoms with Crippen LogP contribution in [0.1, 0.15) is 24.5 Å². The quantitative estimate of drug-likeness (QED) is 0.822. The molecular weight excluding hydrogens is 230 g/mol. The first-order chi connectivity index (χ1) is 8.66. The first-order valence-corrected chi connectivity index (χ1v) is 6.29. The smallest absolute Gasteiger partial charge is 0.339 e. The summed E-state index contributed by atoms with van der Waals surface area (Å²) in [5.74, 6) is -0.554. The van der Waals surface area contributed by atoms with Gasteiger partial charge in [-0.1, -0.05) is 30.3 Å². The normalized spacial score (nSPS) is 22.4. The Kier molecular flexibility index (Phi) is 4.33. The molecule has 1 aliphatic heterocycles. The molecule has 2 atom stereocenters. The van der Waals surface area contributed by atoms with Gasteiger partial charge in [-0.15, -0.1) is 0 Å². The molecule has 0 spiro atoms. The van der Waals surface area contributed by atoms with Gasteiger partial charge in [0.2, 0.25) is 0 Å². The molecule has 4 heteroatoms. The molecule has 0 bridgehead atoms. The van der Waals surface area contributed by atoms with Crippen LogP contribution in [0.5, 0.6) is 0 Å². The van der Waals surface area contributed by atoms with E-state index in [2.05, 4.69) is 4.90 Å². The Balaban J connectivity index is 1.91. The summed E-state index contributed by atoms with van der Waals surface area (Å²) in [4.78, 5) is 14.0. The maximum absolute atomic E-state index is 11.8. The molecule has 0 saturated carbocycles. The second-order valence-electron chi connectivity index (χ2n) is 4.78. The van der Waals surface area contributed by atoms with E-state index in [9.17, 15) is 9.90 Å². The molecule has 1 aromatic carbocycles. The van der Waals surface area contributed by atoms with Crippen LogP contribution in [0.3, 0.4) is 0 Å². The number of carbonyl (C=O) groups is 1. The fourth-order valence-electron chi connectivity index (χ4n) is 2.22. The molecule has 2 rings (SSSR count). The predicted molar refractivity (Wildman–Crippen MR) is 68.0 cm³/mol. The molecule has 1 N–H and O–H groups in total. The van der Waals surface area contributed by atoms with Crippen molar-refractivity contribution in [2.75, 3.05) is 20.1 Å². The van der Waals surface area contributed by atoms with Crippen molar-refractivity contribution in [3.05, 3.63) is 35.9 Å². The number of likely N-dealkylation sites (N-methyl/N-ethyl adjacent to an activating group) is 1. The van der Waals surface area contributed by atoms with Crippen molar-refractivity contribution < 1.29 is 14.6 Å². The average molecular weight is 249 g/mol. The minimum Gasteiger partial charge on any atom is -0.459 e. The van der Waals surface area contributed by atoms with Crippen molar-refractivity contribution in [2.24, 2.45) is 0 Å². The first-order valence-electron chi connectivity index (χ1n) is 6.29. The Morgan fingerprint density at radius 3 is 2.83 bits per heavy atom. The van der Waals surface area contributed by atoms with Gasteiger partial charge in [-0.05, 0) is 32.0 Å². The van der Waals surface area contributed by atoms with Crippen molar-refractivity contribution in [1.82, 2.24) is 4.90 Å². The number of esters is 1. The number of rotatable bonds is 3. The van der Waals surface area contributed by atoms with Gasteiger partial charge in [0.1, 0.15) is 6.10 Å². The fourth-order valence-corrected chi connectivity index (χ4v) is 2.22. The van der Waals surface area contributed by atoms with Crippen LogP contribution in [-0.2, 0) is 9.53 Å². The summed E-state index contributed by atoms with van der Waals surface area (Å²) in [6.45, 7) is 1.78. The zero-order valence-corrected chi connectivity index (χ0v) is 10.6. The number of hydrogen-bond donors (Lipinski definition) is 1. The summed E-state index contributed by atoms with van der Waals surface area (Å²) >= 11 is 0. The summed E-state index contributed by atoms with van der Waals surface area (Å²) in [5.41, 5.74) is 0.576. The Bertz CT molecular complexity index is 393. The molecule has 1 fully saturated rings. The number of hydrogen-bond acceptors (Lipinski definition) is 4. The summed E-state index contributed by atoms with van der Waals surface area (Å²) in [5, 5.41) is 9.90. The Labute approximate surface area is 107 Å². The second kappa shape index (κ2) is 5.98. The van der Waals surface area contributed by atoms with Gasteiger partial charge >= 0.3 is 5.97 Å². The van der Waals surface area contributed by atoms with E-state index >= 15 is 0 Å². The molecule has 18 heavy (non-hydrogen) atoms. The highest BCUT2D eigenvalue weighted by molar-refractivity contribution is 5.76. The number of ether oxygens (including phenoxy) is 1. The van der Waals surface area contributed by atoms with Gasteiger partial charge in [-0.25, -0.2) is 4.79 Å². The molecule has 0 amide bonds. The van der Waals surface area contributed by atoms with Gasteiger partial charge in [0, 0.05) is 6.54 Å². The van der Waals surface area contributed by atoms with E-state index in [1.165, 1.54) is 0 Å². The third kappa shape index (κ3) is 3.31. The van der Waals surface area contributed by atoms with Gasteiger partial charge in [-0.2, -0.15) is 0 Å². The third-order valence-electron chi connectivity index (χ3n) is 3.20. The van der Waals surface area contributed by atoms with Crippen LogP contribution in [0.15, 0.2) is 30.3 Å². The zero-order chi connectivity index (χ0) is 13.0. The Morgan fingerprint density at radius 2 is 2.17 bits per heavy atom. The highest BCUT2D eigenvalue weighted by Gasteiger charge is 2.25. The lowest BCUT2D eigenvalue weighted by molar-refractivity contribution is -0.161. The first kappa shape index (κ1) is 13.1. The van der Waals surface area contributed by atoms with Crippen molar-refractivity contribution in [1.29, 1.82) is 0 Å². The summed E-state index contributed by atoms with van der Waals surface area (Å²) in [6, 6.07) is 8.87. The van der Waals surface area contributed by atoms with Crippen LogP contribution < -0.4 is 0 Å². The Morgan fingerprint density at radius 1 is 1.44 bits per heavy atom. The number of aliphatic hydroxyl groups is 1. The number of piperidine rings is 1. The lowest BCUT2D eigenvalue weighted by Gasteiger charge is -2.29. The number of nitrogens with zero attached hydrogens (tertiary/aromatic N) is 1. The SMILES string of the molecule is CN1CCCC(OC(=O)[C@@H](O)c2ccccc2)C1. The van der Waals surface area contributed by atoms with E-state index in [4.69, 9.17) is 4.74 Å². The topological polar surface area (TPSA) is 49.8 Å². The molecule has 98 valence electrons. The standard InChI is InChI=1S/C14H19NO3/c1-15-9-5-8-12(10-15)18-14(17)13(16)11-6-3-2-4-7-11/h2-4,6-7,12-13,16H,5,8-10H2,1H3/t12?,13-/m0/s1. The molecule has 1 saturated heterocycles. The fraction of sp³-hybridized carbons (Fsp3) is 0.500. The summed E-state index contributed by atoms with van der Waals surface area (Å²) in [6.07, 6.45) is 0.612. The van der Waals surface area contributed by atoms with E-state index in [0.717, 1.165) is 25.9 Å². The lowest BCUT2D eigenvalue weighted by atomic mass is 10.1. The molecule has 0 aromatic heterocycles. The highest BCUT2D eigenvalue weighted by atomic mass is 16.6. The average Bonchev–Trinajstić information content (AvgIpc) is 2.39. The van der Waals surface area contributed by atoms with E-state index in [1.54, 1.807) is 24.3 Å². The molecular formula is C14H19NO3. The molecule has 4 nitrogen and oxygen atoms in total. The largest absolute Gasteiger partial charge is 0.459 e. The molecule has 1 aromatic rings. The third-order valence-corrected chi connectivity index (χ3v) is 3.20.